The van der Waals surface area contributed by atoms with Crippen LogP contribution in [0.25, 0.3) is 0 Å². The van der Waals surface area contributed by atoms with Gasteiger partial charge in [0.25, 0.3) is 0 Å². The summed E-state index contributed by atoms with van der Waals surface area (Å²) in [5, 5.41) is 23.2. The van der Waals surface area contributed by atoms with Crippen molar-refractivity contribution in [2.45, 2.75) is 353 Å². The number of rotatable bonds is 58. The first-order chi connectivity index (χ1) is 34.0. The summed E-state index contributed by atoms with van der Waals surface area (Å²) in [5.74, 6) is -0.0758. The van der Waals surface area contributed by atoms with Gasteiger partial charge in [0.2, 0.25) is 5.91 Å². The van der Waals surface area contributed by atoms with E-state index in [1.807, 2.05) is 6.08 Å². The fraction of sp³-hybridized carbons (Fsp3) is 0.905. The lowest BCUT2D eigenvalue weighted by atomic mass is 10.0. The van der Waals surface area contributed by atoms with Crippen molar-refractivity contribution in [2.24, 2.45) is 0 Å². The van der Waals surface area contributed by atoms with Crippen LogP contribution in [0, 0.1) is 0 Å². The van der Waals surface area contributed by atoms with Crippen LogP contribution in [-0.2, 0) is 14.3 Å². The number of carbonyl (C=O) groups excluding carboxylic acids is 2. The van der Waals surface area contributed by atoms with Crippen LogP contribution in [0.2, 0.25) is 0 Å². The van der Waals surface area contributed by atoms with Crippen LogP contribution in [0.1, 0.15) is 341 Å². The molecule has 0 rings (SSSR count). The smallest absolute Gasteiger partial charge is 0.305 e. The van der Waals surface area contributed by atoms with Gasteiger partial charge in [0.05, 0.1) is 25.4 Å². The molecule has 0 heterocycles. The van der Waals surface area contributed by atoms with Crippen molar-refractivity contribution in [3.63, 3.8) is 0 Å². The highest BCUT2D eigenvalue weighted by Crippen LogP contribution is 2.17. The summed E-state index contributed by atoms with van der Waals surface area (Å²) in [7, 11) is 0. The van der Waals surface area contributed by atoms with Gasteiger partial charge in [-0.2, -0.15) is 0 Å². The minimum atomic E-state index is -0.852. The zero-order valence-corrected chi connectivity index (χ0v) is 46.6. The summed E-state index contributed by atoms with van der Waals surface area (Å²) in [5.41, 5.74) is 0. The Labute approximate surface area is 431 Å². The molecule has 6 heteroatoms. The lowest BCUT2D eigenvalue weighted by Crippen LogP contribution is -2.45. The number of nitrogens with one attached hydrogen (secondary N) is 1. The van der Waals surface area contributed by atoms with Gasteiger partial charge in [0.1, 0.15) is 0 Å². The highest BCUT2D eigenvalue weighted by molar-refractivity contribution is 5.76. The third-order valence-corrected chi connectivity index (χ3v) is 14.5. The average molecular weight is 973 g/mol. The van der Waals surface area contributed by atoms with Crippen molar-refractivity contribution < 1.29 is 24.5 Å². The molecule has 0 aliphatic carbocycles. The monoisotopic (exact) mass is 972 g/mol. The second kappa shape index (κ2) is 58.9. The molecule has 1 amide bonds. The Bertz CT molecular complexity index is 1080. The van der Waals surface area contributed by atoms with E-state index >= 15 is 0 Å². The molecular weight excluding hydrogens is 851 g/mol. The van der Waals surface area contributed by atoms with Crippen molar-refractivity contribution in [1.29, 1.82) is 0 Å². The molecule has 0 aromatic rings. The number of allylic oxidation sites excluding steroid dienone is 3. The van der Waals surface area contributed by atoms with Gasteiger partial charge >= 0.3 is 5.97 Å². The quantitative estimate of drug-likeness (QED) is 0.0321. The van der Waals surface area contributed by atoms with E-state index in [1.54, 1.807) is 6.08 Å². The second-order valence-electron chi connectivity index (χ2n) is 21.4. The van der Waals surface area contributed by atoms with E-state index in [0.29, 0.717) is 19.4 Å². The minimum absolute atomic E-state index is 0.00168. The molecule has 0 saturated heterocycles. The molecule has 2 unspecified atom stereocenters. The van der Waals surface area contributed by atoms with Crippen molar-refractivity contribution in [3.8, 4) is 0 Å². The third kappa shape index (κ3) is 55.5. The Balaban J connectivity index is 3.46. The van der Waals surface area contributed by atoms with E-state index in [1.165, 1.54) is 257 Å². The summed E-state index contributed by atoms with van der Waals surface area (Å²) in [6, 6.07) is -0.637. The first-order valence-corrected chi connectivity index (χ1v) is 31.1. The Kier molecular flexibility index (Phi) is 57.5. The van der Waals surface area contributed by atoms with E-state index in [2.05, 4.69) is 31.3 Å². The molecule has 0 saturated carbocycles. The van der Waals surface area contributed by atoms with Gasteiger partial charge in [0.15, 0.2) is 0 Å². The van der Waals surface area contributed by atoms with Crippen LogP contribution in [0.15, 0.2) is 24.3 Å². The van der Waals surface area contributed by atoms with E-state index in [0.717, 1.165) is 57.8 Å². The van der Waals surface area contributed by atoms with Gasteiger partial charge in [-0.3, -0.25) is 9.59 Å². The Hall–Kier alpha value is -1.66. The van der Waals surface area contributed by atoms with Crippen molar-refractivity contribution in [1.82, 2.24) is 5.32 Å². The maximum absolute atomic E-state index is 12.5. The maximum atomic E-state index is 12.5. The first kappa shape index (κ1) is 67.3. The highest BCUT2D eigenvalue weighted by atomic mass is 16.5. The standard InChI is InChI=1S/C63H121NO5/c1-3-5-7-9-11-13-15-17-19-21-24-27-31-35-39-43-47-51-55-61(66)60(59-65)64-62(67)56-52-48-44-40-36-32-28-25-22-26-30-34-38-42-46-50-54-58-69-63(68)57-53-49-45-41-37-33-29-23-20-18-16-14-12-10-8-6-4-2/h22,26,51,55,60-61,65-66H,3-21,23-25,27-50,52-54,56-59H2,1-2H3,(H,64,67)/b26-22-,55-51+. The number of carbonyl (C=O) groups is 2. The number of amides is 1. The Morgan fingerprint density at radius 1 is 0.391 bits per heavy atom. The Morgan fingerprint density at radius 2 is 0.681 bits per heavy atom. The van der Waals surface area contributed by atoms with E-state index in [-0.39, 0.29) is 18.5 Å². The molecule has 0 fully saturated rings. The topological polar surface area (TPSA) is 95.9 Å². The summed E-state index contributed by atoms with van der Waals surface area (Å²) in [6.45, 7) is 4.91. The molecule has 408 valence electrons. The minimum Gasteiger partial charge on any atom is -0.466 e. The lowest BCUT2D eigenvalue weighted by molar-refractivity contribution is -0.143. The summed E-state index contributed by atoms with van der Waals surface area (Å²) < 4.78 is 5.49. The van der Waals surface area contributed by atoms with Crippen LogP contribution in [0.3, 0.4) is 0 Å². The van der Waals surface area contributed by atoms with Gasteiger partial charge in [0, 0.05) is 12.8 Å². The van der Waals surface area contributed by atoms with Crippen LogP contribution in [0.4, 0.5) is 0 Å². The van der Waals surface area contributed by atoms with Crippen LogP contribution < -0.4 is 5.32 Å². The molecule has 3 N–H and O–H groups in total. The van der Waals surface area contributed by atoms with E-state index < -0.39 is 12.1 Å². The maximum Gasteiger partial charge on any atom is 0.305 e. The van der Waals surface area contributed by atoms with Crippen molar-refractivity contribution in [2.75, 3.05) is 13.2 Å². The van der Waals surface area contributed by atoms with Crippen LogP contribution in [0.5, 0.6) is 0 Å². The van der Waals surface area contributed by atoms with Gasteiger partial charge in [-0.15, -0.1) is 0 Å². The van der Waals surface area contributed by atoms with Gasteiger partial charge < -0.3 is 20.3 Å². The van der Waals surface area contributed by atoms with Crippen LogP contribution in [-0.4, -0.2) is 47.4 Å². The second-order valence-corrected chi connectivity index (χ2v) is 21.4. The Morgan fingerprint density at radius 3 is 1.03 bits per heavy atom. The van der Waals surface area contributed by atoms with E-state index in [9.17, 15) is 19.8 Å². The lowest BCUT2D eigenvalue weighted by Gasteiger charge is -2.20. The molecule has 0 spiro atoms. The zero-order chi connectivity index (χ0) is 50.0. The average Bonchev–Trinajstić information content (AvgIpc) is 3.35. The number of hydrogen-bond acceptors (Lipinski definition) is 5. The van der Waals surface area contributed by atoms with E-state index in [4.69, 9.17) is 4.74 Å². The fourth-order valence-corrected chi connectivity index (χ4v) is 9.69. The SMILES string of the molecule is CCCCCCCCCCCCCCCCCC/C=C/C(O)C(CO)NC(=O)CCCCCCCCC/C=C\CCCCCCCCOC(=O)CCCCCCCCCCCCCCCCCCC. The predicted octanol–water partition coefficient (Wildman–Crippen LogP) is 19.4. The summed E-state index contributed by atoms with van der Waals surface area (Å²) >= 11 is 0. The summed E-state index contributed by atoms with van der Waals surface area (Å²) in [4.78, 5) is 24.6. The third-order valence-electron chi connectivity index (χ3n) is 14.5. The zero-order valence-electron chi connectivity index (χ0n) is 46.6. The largest absolute Gasteiger partial charge is 0.466 e. The number of ether oxygens (including phenoxy) is 1. The predicted molar refractivity (Wildman–Crippen MR) is 301 cm³/mol. The highest BCUT2D eigenvalue weighted by Gasteiger charge is 2.18. The molecular formula is C63H121NO5. The fourth-order valence-electron chi connectivity index (χ4n) is 9.69. The number of esters is 1. The molecule has 0 radical (unpaired) electrons. The van der Waals surface area contributed by atoms with Gasteiger partial charge in [-0.1, -0.05) is 295 Å². The van der Waals surface area contributed by atoms with Gasteiger partial charge in [-0.05, 0) is 57.8 Å². The number of aliphatic hydroxyl groups is 2. The molecule has 0 aromatic heterocycles. The summed E-state index contributed by atoms with van der Waals surface area (Å²) in [6.07, 6.45) is 72.1. The van der Waals surface area contributed by atoms with Crippen molar-refractivity contribution >= 4 is 11.9 Å². The molecule has 0 aromatic carbocycles. The molecule has 2 atom stereocenters. The normalized spacial score (nSPS) is 12.7. The molecule has 0 bridgehead atoms. The molecule has 0 aliphatic heterocycles. The molecule has 6 nitrogen and oxygen atoms in total. The number of hydrogen-bond donors (Lipinski definition) is 3. The first-order valence-electron chi connectivity index (χ1n) is 31.1. The van der Waals surface area contributed by atoms with Crippen LogP contribution >= 0.6 is 0 Å². The molecule has 69 heavy (non-hydrogen) atoms. The van der Waals surface area contributed by atoms with Gasteiger partial charge in [-0.25, -0.2) is 0 Å². The number of unbranched alkanes of at least 4 members (excludes halogenated alkanes) is 45. The van der Waals surface area contributed by atoms with Crippen molar-refractivity contribution in [3.05, 3.63) is 24.3 Å². The number of aliphatic hydroxyl groups excluding tert-OH is 2. The molecule has 0 aliphatic rings.